The summed E-state index contributed by atoms with van der Waals surface area (Å²) in [6.45, 7) is 5.91. The third-order valence-electron chi connectivity index (χ3n) is 1.35. The first kappa shape index (κ1) is 13.1. The highest BCUT2D eigenvalue weighted by molar-refractivity contribution is 6.18. The van der Waals surface area contributed by atoms with Gasteiger partial charge >= 0.3 is 0 Å². The van der Waals surface area contributed by atoms with E-state index >= 15 is 0 Å². The summed E-state index contributed by atoms with van der Waals surface area (Å²) >= 11 is 5.52. The van der Waals surface area contributed by atoms with Crippen molar-refractivity contribution in [2.45, 2.75) is 20.0 Å². The van der Waals surface area contributed by atoms with Gasteiger partial charge < -0.3 is 5.73 Å². The van der Waals surface area contributed by atoms with Gasteiger partial charge in [0.1, 0.15) is 0 Å². The summed E-state index contributed by atoms with van der Waals surface area (Å²) in [5.41, 5.74) is 5.60. The molecule has 10 heavy (non-hydrogen) atoms. The second-order valence-corrected chi connectivity index (χ2v) is 2.44. The molecule has 0 aromatic rings. The number of halogens is 2. The highest BCUT2D eigenvalue weighted by Gasteiger charge is 2.03. The molecule has 0 aromatic heterocycles. The fraction of sp³-hybridized carbons (Fsp3) is 1.00. The lowest BCUT2D eigenvalue weighted by Gasteiger charge is -2.22. The molecular formula is C6H16Cl2N2. The molecule has 0 heterocycles. The number of nitrogens with zero attached hydrogens (tertiary/aromatic N) is 1. The van der Waals surface area contributed by atoms with Crippen LogP contribution in [0.1, 0.15) is 13.8 Å². The van der Waals surface area contributed by atoms with Crippen molar-refractivity contribution in [2.24, 2.45) is 5.73 Å². The van der Waals surface area contributed by atoms with Gasteiger partial charge in [-0.1, -0.05) is 6.92 Å². The van der Waals surface area contributed by atoms with Crippen molar-refractivity contribution in [3.63, 3.8) is 0 Å². The first-order valence-corrected chi connectivity index (χ1v) is 3.81. The van der Waals surface area contributed by atoms with Crippen LogP contribution in [0, 0.1) is 0 Å². The Labute approximate surface area is 74.1 Å². The molecular weight excluding hydrogens is 171 g/mol. The van der Waals surface area contributed by atoms with Crippen LogP contribution in [-0.2, 0) is 0 Å². The SMILES string of the molecule is CCN(CCCl)C(C)N.Cl. The molecule has 0 aliphatic heterocycles. The van der Waals surface area contributed by atoms with Crippen molar-refractivity contribution in [1.29, 1.82) is 0 Å². The van der Waals surface area contributed by atoms with Gasteiger partial charge in [-0.2, -0.15) is 0 Å². The molecule has 0 saturated heterocycles. The maximum atomic E-state index is 5.60. The first-order valence-electron chi connectivity index (χ1n) is 3.28. The van der Waals surface area contributed by atoms with E-state index in [9.17, 15) is 0 Å². The van der Waals surface area contributed by atoms with Crippen molar-refractivity contribution < 1.29 is 0 Å². The fourth-order valence-corrected chi connectivity index (χ4v) is 0.975. The summed E-state index contributed by atoms with van der Waals surface area (Å²) in [4.78, 5) is 2.12. The predicted molar refractivity (Wildman–Crippen MR) is 48.9 cm³/mol. The van der Waals surface area contributed by atoms with Gasteiger partial charge in [0.05, 0.1) is 6.17 Å². The van der Waals surface area contributed by atoms with Gasteiger partial charge in [0.15, 0.2) is 0 Å². The van der Waals surface area contributed by atoms with E-state index in [0.717, 1.165) is 13.1 Å². The maximum absolute atomic E-state index is 5.60. The number of rotatable bonds is 4. The normalized spacial score (nSPS) is 12.9. The van der Waals surface area contributed by atoms with Gasteiger partial charge in [-0.25, -0.2) is 0 Å². The minimum Gasteiger partial charge on any atom is -0.316 e. The highest BCUT2D eigenvalue weighted by Crippen LogP contribution is 1.91. The Bertz CT molecular complexity index is 68.8. The lowest BCUT2D eigenvalue weighted by atomic mass is 10.4. The van der Waals surface area contributed by atoms with Gasteiger partial charge in [0.2, 0.25) is 0 Å². The minimum absolute atomic E-state index is 0. The summed E-state index contributed by atoms with van der Waals surface area (Å²) in [7, 11) is 0. The molecule has 0 amide bonds. The topological polar surface area (TPSA) is 29.3 Å². The summed E-state index contributed by atoms with van der Waals surface area (Å²) in [5, 5.41) is 0. The van der Waals surface area contributed by atoms with Gasteiger partial charge in [-0.3, -0.25) is 4.90 Å². The average molecular weight is 187 g/mol. The van der Waals surface area contributed by atoms with Crippen molar-refractivity contribution in [1.82, 2.24) is 4.90 Å². The van der Waals surface area contributed by atoms with Crippen molar-refractivity contribution in [2.75, 3.05) is 19.0 Å². The molecule has 2 nitrogen and oxygen atoms in total. The zero-order valence-corrected chi connectivity index (χ0v) is 8.08. The molecule has 1 unspecified atom stereocenters. The van der Waals surface area contributed by atoms with Crippen LogP contribution < -0.4 is 5.73 Å². The van der Waals surface area contributed by atoms with E-state index in [4.69, 9.17) is 17.3 Å². The Morgan fingerprint density at radius 1 is 1.60 bits per heavy atom. The third-order valence-corrected chi connectivity index (χ3v) is 1.52. The second-order valence-electron chi connectivity index (χ2n) is 2.06. The minimum atomic E-state index is 0. The summed E-state index contributed by atoms with van der Waals surface area (Å²) in [6, 6.07) is 0. The Kier molecular flexibility index (Phi) is 9.97. The summed E-state index contributed by atoms with van der Waals surface area (Å²) in [5.74, 6) is 0.662. The molecule has 0 radical (unpaired) electrons. The number of hydrogen-bond acceptors (Lipinski definition) is 2. The van der Waals surface area contributed by atoms with E-state index in [2.05, 4.69) is 11.8 Å². The monoisotopic (exact) mass is 186 g/mol. The Hall–Kier alpha value is 0.500. The molecule has 2 N–H and O–H groups in total. The molecule has 0 aromatic carbocycles. The largest absolute Gasteiger partial charge is 0.316 e. The average Bonchev–Trinajstić information content (AvgIpc) is 1.82. The molecule has 0 spiro atoms. The molecule has 0 bridgehead atoms. The number of alkyl halides is 1. The molecule has 0 aliphatic carbocycles. The van der Waals surface area contributed by atoms with Gasteiger partial charge in [0.25, 0.3) is 0 Å². The van der Waals surface area contributed by atoms with E-state index < -0.39 is 0 Å². The van der Waals surface area contributed by atoms with Crippen LogP contribution in [0.3, 0.4) is 0 Å². The van der Waals surface area contributed by atoms with Crippen LogP contribution in [0.4, 0.5) is 0 Å². The molecule has 0 rings (SSSR count). The lowest BCUT2D eigenvalue weighted by molar-refractivity contribution is 0.238. The van der Waals surface area contributed by atoms with E-state index in [1.165, 1.54) is 0 Å². The molecule has 0 aliphatic rings. The maximum Gasteiger partial charge on any atom is 0.0543 e. The van der Waals surface area contributed by atoms with E-state index in [1.807, 2.05) is 6.92 Å². The van der Waals surface area contributed by atoms with Gasteiger partial charge in [-0.05, 0) is 13.5 Å². The predicted octanol–water partition coefficient (Wildman–Crippen LogP) is 1.27. The molecule has 1 atom stereocenters. The Balaban J connectivity index is 0. The molecule has 64 valence electrons. The van der Waals surface area contributed by atoms with Crippen molar-refractivity contribution in [3.05, 3.63) is 0 Å². The van der Waals surface area contributed by atoms with Gasteiger partial charge in [0, 0.05) is 12.4 Å². The standard InChI is InChI=1S/C6H15ClN2.ClH/c1-3-9(5-4-7)6(2)8;/h6H,3-5,8H2,1-2H3;1H. The first-order chi connectivity index (χ1) is 4.22. The third kappa shape index (κ3) is 5.30. The Morgan fingerprint density at radius 3 is 2.20 bits per heavy atom. The quantitative estimate of drug-likeness (QED) is 0.530. The fourth-order valence-electron chi connectivity index (χ4n) is 0.758. The number of nitrogens with two attached hydrogens (primary N) is 1. The van der Waals surface area contributed by atoms with E-state index in [-0.39, 0.29) is 18.6 Å². The zero-order chi connectivity index (χ0) is 7.28. The lowest BCUT2D eigenvalue weighted by Crippen LogP contribution is -2.40. The van der Waals surface area contributed by atoms with E-state index in [1.54, 1.807) is 0 Å². The molecule has 0 saturated carbocycles. The molecule has 0 fully saturated rings. The van der Waals surface area contributed by atoms with Crippen LogP contribution in [0.15, 0.2) is 0 Å². The van der Waals surface area contributed by atoms with Crippen molar-refractivity contribution in [3.8, 4) is 0 Å². The van der Waals surface area contributed by atoms with Crippen LogP contribution in [0.2, 0.25) is 0 Å². The van der Waals surface area contributed by atoms with Crippen LogP contribution in [-0.4, -0.2) is 30.0 Å². The number of hydrogen-bond donors (Lipinski definition) is 1. The zero-order valence-electron chi connectivity index (χ0n) is 6.51. The Morgan fingerprint density at radius 2 is 2.10 bits per heavy atom. The second kappa shape index (κ2) is 7.61. The van der Waals surface area contributed by atoms with Gasteiger partial charge in [-0.15, -0.1) is 24.0 Å². The van der Waals surface area contributed by atoms with E-state index in [0.29, 0.717) is 5.88 Å². The highest BCUT2D eigenvalue weighted by atomic mass is 35.5. The van der Waals surface area contributed by atoms with Crippen LogP contribution in [0.25, 0.3) is 0 Å². The summed E-state index contributed by atoms with van der Waals surface area (Å²) < 4.78 is 0. The molecule has 4 heteroatoms. The summed E-state index contributed by atoms with van der Waals surface area (Å²) in [6.07, 6.45) is 0.133. The van der Waals surface area contributed by atoms with Crippen LogP contribution in [0.5, 0.6) is 0 Å². The van der Waals surface area contributed by atoms with Crippen LogP contribution >= 0.6 is 24.0 Å². The van der Waals surface area contributed by atoms with Crippen molar-refractivity contribution >= 4 is 24.0 Å². The smallest absolute Gasteiger partial charge is 0.0543 e.